The molecule has 0 bridgehead atoms. The van der Waals surface area contributed by atoms with Gasteiger partial charge in [0.25, 0.3) is 0 Å². The average Bonchev–Trinajstić information content (AvgIpc) is 2.72. The van der Waals surface area contributed by atoms with E-state index >= 15 is 0 Å². The summed E-state index contributed by atoms with van der Waals surface area (Å²) in [5, 5.41) is 0. The van der Waals surface area contributed by atoms with E-state index in [0.29, 0.717) is 13.0 Å². The molecule has 1 aromatic rings. The van der Waals surface area contributed by atoms with Crippen LogP contribution in [0.3, 0.4) is 0 Å². The molecule has 1 aliphatic heterocycles. The van der Waals surface area contributed by atoms with Gasteiger partial charge in [0, 0.05) is 13.0 Å². The molecule has 0 aromatic heterocycles. The Balaban J connectivity index is 2.13. The second-order valence-corrected chi connectivity index (χ2v) is 4.08. The minimum atomic E-state index is -0.334. The zero-order valence-electron chi connectivity index (χ0n) is 9.11. The highest BCUT2D eigenvalue weighted by atomic mass is 16.5. The van der Waals surface area contributed by atoms with Gasteiger partial charge in [0.15, 0.2) is 0 Å². The van der Waals surface area contributed by atoms with Crippen molar-refractivity contribution < 1.29 is 9.53 Å². The molecule has 0 saturated heterocycles. The number of rotatable bonds is 4. The molecule has 1 aromatic carbocycles. The number of carbonyl (C=O) groups is 1. The van der Waals surface area contributed by atoms with E-state index in [0.717, 1.165) is 24.3 Å². The first kappa shape index (κ1) is 11.0. The fourth-order valence-corrected chi connectivity index (χ4v) is 1.95. The van der Waals surface area contributed by atoms with Gasteiger partial charge in [0.1, 0.15) is 5.75 Å². The Labute approximate surface area is 94.6 Å². The van der Waals surface area contributed by atoms with Crippen molar-refractivity contribution in [2.24, 2.45) is 17.4 Å². The van der Waals surface area contributed by atoms with Crippen LogP contribution in [0.2, 0.25) is 0 Å². The third-order valence-corrected chi connectivity index (χ3v) is 2.92. The van der Waals surface area contributed by atoms with Crippen molar-refractivity contribution in [1.29, 1.82) is 0 Å². The van der Waals surface area contributed by atoms with Crippen LogP contribution in [0.1, 0.15) is 11.1 Å². The first-order chi connectivity index (χ1) is 7.70. The summed E-state index contributed by atoms with van der Waals surface area (Å²) < 4.78 is 5.42. The summed E-state index contributed by atoms with van der Waals surface area (Å²) in [6, 6.07) is 6.00. The fourth-order valence-electron chi connectivity index (χ4n) is 1.95. The van der Waals surface area contributed by atoms with Gasteiger partial charge in [-0.15, -0.1) is 0 Å². The number of amides is 1. The summed E-state index contributed by atoms with van der Waals surface area (Å²) in [4.78, 5) is 11.1. The molecule has 2 rings (SSSR count). The second-order valence-electron chi connectivity index (χ2n) is 4.08. The van der Waals surface area contributed by atoms with Gasteiger partial charge in [-0.1, -0.05) is 12.1 Å². The Morgan fingerprint density at radius 1 is 1.50 bits per heavy atom. The predicted molar refractivity (Wildman–Crippen MR) is 61.1 cm³/mol. The number of hydrogen-bond donors (Lipinski definition) is 2. The summed E-state index contributed by atoms with van der Waals surface area (Å²) in [6.07, 6.45) is 1.55. The number of fused-ring (bicyclic) bond motifs is 1. The van der Waals surface area contributed by atoms with Gasteiger partial charge in [-0.05, 0) is 23.6 Å². The molecule has 0 spiro atoms. The van der Waals surface area contributed by atoms with Gasteiger partial charge in [0.2, 0.25) is 5.91 Å². The van der Waals surface area contributed by atoms with E-state index in [4.69, 9.17) is 16.2 Å². The van der Waals surface area contributed by atoms with Crippen molar-refractivity contribution in [2.75, 3.05) is 13.2 Å². The number of ether oxygens (including phenoxy) is 1. The molecule has 86 valence electrons. The van der Waals surface area contributed by atoms with E-state index in [1.807, 2.05) is 12.1 Å². The van der Waals surface area contributed by atoms with E-state index in [9.17, 15) is 4.79 Å². The third-order valence-electron chi connectivity index (χ3n) is 2.92. The van der Waals surface area contributed by atoms with Crippen LogP contribution >= 0.6 is 0 Å². The lowest BCUT2D eigenvalue weighted by atomic mass is 9.97. The highest BCUT2D eigenvalue weighted by Crippen LogP contribution is 2.26. The van der Waals surface area contributed by atoms with Crippen LogP contribution < -0.4 is 16.2 Å². The van der Waals surface area contributed by atoms with Gasteiger partial charge in [-0.3, -0.25) is 4.79 Å². The minimum Gasteiger partial charge on any atom is -0.493 e. The molecule has 0 fully saturated rings. The third kappa shape index (κ3) is 2.17. The molecule has 16 heavy (non-hydrogen) atoms. The maximum atomic E-state index is 11.1. The van der Waals surface area contributed by atoms with E-state index in [-0.39, 0.29) is 11.8 Å². The molecule has 4 heteroatoms. The maximum Gasteiger partial charge on any atom is 0.222 e. The van der Waals surface area contributed by atoms with Crippen LogP contribution in [0, 0.1) is 5.92 Å². The lowest BCUT2D eigenvalue weighted by Gasteiger charge is -2.11. The molecule has 1 heterocycles. The Morgan fingerprint density at radius 2 is 2.31 bits per heavy atom. The highest BCUT2D eigenvalue weighted by molar-refractivity contribution is 5.77. The lowest BCUT2D eigenvalue weighted by Crippen LogP contribution is -2.31. The van der Waals surface area contributed by atoms with Crippen LogP contribution in [-0.4, -0.2) is 19.1 Å². The quantitative estimate of drug-likeness (QED) is 0.762. The van der Waals surface area contributed by atoms with E-state index in [1.165, 1.54) is 5.56 Å². The molecular weight excluding hydrogens is 204 g/mol. The minimum absolute atomic E-state index is 0.277. The molecule has 4 nitrogen and oxygen atoms in total. The standard InChI is InChI=1S/C12H16N2O2/c13-7-10(12(14)15)6-8-1-2-11-9(5-8)3-4-16-11/h1-2,5,10H,3-4,6-7,13H2,(H2,14,15). The van der Waals surface area contributed by atoms with Crippen molar-refractivity contribution in [1.82, 2.24) is 0 Å². The fraction of sp³-hybridized carbons (Fsp3) is 0.417. The maximum absolute atomic E-state index is 11.1. The number of carbonyl (C=O) groups excluding carboxylic acids is 1. The summed E-state index contributed by atoms with van der Waals surface area (Å²) >= 11 is 0. The topological polar surface area (TPSA) is 78.3 Å². The zero-order chi connectivity index (χ0) is 11.5. The van der Waals surface area contributed by atoms with Crippen molar-refractivity contribution in [3.63, 3.8) is 0 Å². The summed E-state index contributed by atoms with van der Waals surface area (Å²) in [7, 11) is 0. The van der Waals surface area contributed by atoms with Gasteiger partial charge in [-0.2, -0.15) is 0 Å². The molecule has 0 aliphatic carbocycles. The van der Waals surface area contributed by atoms with Crippen LogP contribution in [0.25, 0.3) is 0 Å². The smallest absolute Gasteiger partial charge is 0.222 e. The monoisotopic (exact) mass is 220 g/mol. The molecule has 4 N–H and O–H groups in total. The van der Waals surface area contributed by atoms with Crippen molar-refractivity contribution >= 4 is 5.91 Å². The molecule has 0 radical (unpaired) electrons. The van der Waals surface area contributed by atoms with Crippen LogP contribution in [-0.2, 0) is 17.6 Å². The Morgan fingerprint density at radius 3 is 3.00 bits per heavy atom. The van der Waals surface area contributed by atoms with Crippen molar-refractivity contribution in [3.05, 3.63) is 29.3 Å². The second kappa shape index (κ2) is 4.53. The molecule has 1 atom stereocenters. The van der Waals surface area contributed by atoms with Gasteiger partial charge < -0.3 is 16.2 Å². The highest BCUT2D eigenvalue weighted by Gasteiger charge is 2.16. The summed E-state index contributed by atoms with van der Waals surface area (Å²) in [5.41, 5.74) is 13.1. The summed E-state index contributed by atoms with van der Waals surface area (Å²) in [6.45, 7) is 1.04. The first-order valence-electron chi connectivity index (χ1n) is 5.44. The van der Waals surface area contributed by atoms with Crippen LogP contribution in [0.4, 0.5) is 0 Å². The number of nitrogens with two attached hydrogens (primary N) is 2. The van der Waals surface area contributed by atoms with E-state index < -0.39 is 0 Å². The molecule has 1 aliphatic rings. The first-order valence-corrected chi connectivity index (χ1v) is 5.44. The van der Waals surface area contributed by atoms with Gasteiger partial charge in [-0.25, -0.2) is 0 Å². The Bertz CT molecular complexity index is 404. The largest absolute Gasteiger partial charge is 0.493 e. The average molecular weight is 220 g/mol. The van der Waals surface area contributed by atoms with Gasteiger partial charge in [0.05, 0.1) is 12.5 Å². The normalized spacial score (nSPS) is 15.3. The SMILES string of the molecule is NCC(Cc1ccc2c(c1)CCO2)C(N)=O. The predicted octanol–water partition coefficient (Wildman–Crippen LogP) is 0.224. The Hall–Kier alpha value is -1.55. The molecular formula is C12H16N2O2. The van der Waals surface area contributed by atoms with Crippen molar-refractivity contribution in [3.8, 4) is 5.75 Å². The lowest BCUT2D eigenvalue weighted by molar-refractivity contribution is -0.121. The molecule has 0 saturated carbocycles. The van der Waals surface area contributed by atoms with Gasteiger partial charge >= 0.3 is 0 Å². The number of hydrogen-bond acceptors (Lipinski definition) is 3. The molecule has 1 amide bonds. The van der Waals surface area contributed by atoms with E-state index in [1.54, 1.807) is 0 Å². The molecule has 1 unspecified atom stereocenters. The Kier molecular flexibility index (Phi) is 3.10. The van der Waals surface area contributed by atoms with Crippen LogP contribution in [0.5, 0.6) is 5.75 Å². The zero-order valence-corrected chi connectivity index (χ0v) is 9.11. The number of benzene rings is 1. The number of primary amides is 1. The van der Waals surface area contributed by atoms with E-state index in [2.05, 4.69) is 6.07 Å². The van der Waals surface area contributed by atoms with Crippen molar-refractivity contribution in [2.45, 2.75) is 12.8 Å². The summed E-state index contributed by atoms with van der Waals surface area (Å²) in [5.74, 6) is 0.340. The van der Waals surface area contributed by atoms with Crippen LogP contribution in [0.15, 0.2) is 18.2 Å².